The molecule has 0 saturated carbocycles. The van der Waals surface area contributed by atoms with Gasteiger partial charge in [-0.25, -0.2) is 0 Å². The zero-order valence-electron chi connectivity index (χ0n) is 11.0. The second-order valence-electron chi connectivity index (χ2n) is 4.64. The highest BCUT2D eigenvalue weighted by Crippen LogP contribution is 2.30. The predicted molar refractivity (Wildman–Crippen MR) is 76.1 cm³/mol. The quantitative estimate of drug-likeness (QED) is 0.900. The van der Waals surface area contributed by atoms with Crippen LogP contribution in [0.3, 0.4) is 0 Å². The molecule has 0 radical (unpaired) electrons. The Balaban J connectivity index is 2.26. The standard InChI is InChI=1S/C15H18ClNO/c1-10-4-6-14(16)13(8-10)15-7-5-12(18-15)9-11(2)17-3/h4-8,11,17H,9H2,1-3H3. The third-order valence-electron chi connectivity index (χ3n) is 3.05. The number of rotatable bonds is 4. The molecule has 1 aromatic heterocycles. The Labute approximate surface area is 113 Å². The van der Waals surface area contributed by atoms with E-state index in [9.17, 15) is 0 Å². The van der Waals surface area contributed by atoms with E-state index in [0.29, 0.717) is 6.04 Å². The number of aryl methyl sites for hydroxylation is 1. The molecule has 0 saturated heterocycles. The van der Waals surface area contributed by atoms with E-state index in [0.717, 1.165) is 28.5 Å². The van der Waals surface area contributed by atoms with Crippen molar-refractivity contribution in [3.8, 4) is 11.3 Å². The van der Waals surface area contributed by atoms with Gasteiger partial charge in [0.25, 0.3) is 0 Å². The highest BCUT2D eigenvalue weighted by atomic mass is 35.5. The van der Waals surface area contributed by atoms with Crippen molar-refractivity contribution in [2.45, 2.75) is 26.3 Å². The lowest BCUT2D eigenvalue weighted by atomic mass is 10.1. The van der Waals surface area contributed by atoms with Crippen LogP contribution in [-0.2, 0) is 6.42 Å². The van der Waals surface area contributed by atoms with Gasteiger partial charge in [0.05, 0.1) is 5.02 Å². The highest BCUT2D eigenvalue weighted by molar-refractivity contribution is 6.33. The van der Waals surface area contributed by atoms with Crippen LogP contribution in [0.2, 0.25) is 5.02 Å². The molecule has 1 N–H and O–H groups in total. The van der Waals surface area contributed by atoms with Crippen LogP contribution < -0.4 is 5.32 Å². The molecule has 3 heteroatoms. The maximum absolute atomic E-state index is 6.20. The van der Waals surface area contributed by atoms with Gasteiger partial charge in [-0.3, -0.25) is 0 Å². The van der Waals surface area contributed by atoms with Crippen LogP contribution in [0.1, 0.15) is 18.2 Å². The maximum atomic E-state index is 6.20. The average Bonchev–Trinajstić information content (AvgIpc) is 2.80. The Morgan fingerprint density at radius 3 is 2.78 bits per heavy atom. The summed E-state index contributed by atoms with van der Waals surface area (Å²) in [7, 11) is 1.95. The highest BCUT2D eigenvalue weighted by Gasteiger charge is 2.10. The monoisotopic (exact) mass is 263 g/mol. The average molecular weight is 264 g/mol. The van der Waals surface area contributed by atoms with E-state index in [-0.39, 0.29) is 0 Å². The third-order valence-corrected chi connectivity index (χ3v) is 3.38. The molecular formula is C15H18ClNO. The van der Waals surface area contributed by atoms with Crippen LogP contribution in [0.25, 0.3) is 11.3 Å². The van der Waals surface area contributed by atoms with Gasteiger partial charge in [0.2, 0.25) is 0 Å². The van der Waals surface area contributed by atoms with Gasteiger partial charge in [0, 0.05) is 18.0 Å². The van der Waals surface area contributed by atoms with Crippen molar-refractivity contribution < 1.29 is 4.42 Å². The minimum absolute atomic E-state index is 0.400. The van der Waals surface area contributed by atoms with Crippen molar-refractivity contribution in [1.82, 2.24) is 5.32 Å². The maximum Gasteiger partial charge on any atom is 0.135 e. The summed E-state index contributed by atoms with van der Waals surface area (Å²) in [6.07, 6.45) is 0.875. The number of nitrogens with one attached hydrogen (secondary N) is 1. The summed E-state index contributed by atoms with van der Waals surface area (Å²) >= 11 is 6.20. The van der Waals surface area contributed by atoms with Crippen molar-refractivity contribution in [1.29, 1.82) is 0 Å². The fourth-order valence-corrected chi connectivity index (χ4v) is 2.07. The molecule has 0 spiro atoms. The first kappa shape index (κ1) is 13.2. The number of halogens is 1. The van der Waals surface area contributed by atoms with E-state index in [1.165, 1.54) is 5.56 Å². The number of hydrogen-bond donors (Lipinski definition) is 1. The smallest absolute Gasteiger partial charge is 0.135 e. The van der Waals surface area contributed by atoms with Crippen LogP contribution in [0.15, 0.2) is 34.7 Å². The van der Waals surface area contributed by atoms with Gasteiger partial charge >= 0.3 is 0 Å². The summed E-state index contributed by atoms with van der Waals surface area (Å²) in [5.41, 5.74) is 2.14. The topological polar surface area (TPSA) is 25.2 Å². The van der Waals surface area contributed by atoms with E-state index in [1.54, 1.807) is 0 Å². The van der Waals surface area contributed by atoms with Gasteiger partial charge < -0.3 is 9.73 Å². The van der Waals surface area contributed by atoms with Gasteiger partial charge in [-0.1, -0.05) is 23.2 Å². The fraction of sp³-hybridized carbons (Fsp3) is 0.333. The zero-order chi connectivity index (χ0) is 13.1. The summed E-state index contributed by atoms with van der Waals surface area (Å²) in [6, 6.07) is 10.4. The first-order chi connectivity index (χ1) is 8.60. The number of hydrogen-bond acceptors (Lipinski definition) is 2. The molecule has 0 fully saturated rings. The summed E-state index contributed by atoms with van der Waals surface area (Å²) in [6.45, 7) is 4.18. The predicted octanol–water partition coefficient (Wildman–Crippen LogP) is 4.06. The van der Waals surface area contributed by atoms with Crippen molar-refractivity contribution in [2.75, 3.05) is 7.05 Å². The van der Waals surface area contributed by atoms with Gasteiger partial charge in [0.1, 0.15) is 11.5 Å². The molecule has 18 heavy (non-hydrogen) atoms. The molecule has 1 atom stereocenters. The first-order valence-electron chi connectivity index (χ1n) is 6.12. The molecule has 1 heterocycles. The van der Waals surface area contributed by atoms with Crippen LogP contribution in [0, 0.1) is 6.92 Å². The fourth-order valence-electron chi connectivity index (χ4n) is 1.86. The molecule has 2 nitrogen and oxygen atoms in total. The Kier molecular flexibility index (Phi) is 4.10. The number of furan rings is 1. The Morgan fingerprint density at radius 1 is 1.28 bits per heavy atom. The van der Waals surface area contributed by atoms with Crippen molar-refractivity contribution in [2.24, 2.45) is 0 Å². The molecule has 0 aliphatic heterocycles. The van der Waals surface area contributed by atoms with Crippen molar-refractivity contribution in [3.05, 3.63) is 46.7 Å². The zero-order valence-corrected chi connectivity index (χ0v) is 11.7. The normalized spacial score (nSPS) is 12.7. The van der Waals surface area contributed by atoms with Gasteiger partial charge in [-0.2, -0.15) is 0 Å². The number of likely N-dealkylation sites (N-methyl/N-ethyl adjacent to an activating group) is 1. The van der Waals surface area contributed by atoms with Crippen LogP contribution in [-0.4, -0.2) is 13.1 Å². The Hall–Kier alpha value is -1.25. The molecule has 0 amide bonds. The summed E-state index contributed by atoms with van der Waals surface area (Å²) in [5.74, 6) is 1.81. The Morgan fingerprint density at radius 2 is 2.06 bits per heavy atom. The van der Waals surface area contributed by atoms with Gasteiger partial charge in [0.15, 0.2) is 0 Å². The molecule has 2 aromatic rings. The van der Waals surface area contributed by atoms with Gasteiger partial charge in [-0.15, -0.1) is 0 Å². The lowest BCUT2D eigenvalue weighted by molar-refractivity contribution is 0.481. The van der Waals surface area contributed by atoms with E-state index in [2.05, 4.69) is 12.2 Å². The Bertz CT molecular complexity index is 533. The molecule has 1 aromatic carbocycles. The third kappa shape index (κ3) is 2.95. The summed E-state index contributed by atoms with van der Waals surface area (Å²) in [5, 5.41) is 3.92. The second kappa shape index (κ2) is 5.59. The van der Waals surface area contributed by atoms with E-state index >= 15 is 0 Å². The van der Waals surface area contributed by atoms with Gasteiger partial charge in [-0.05, 0) is 45.2 Å². The van der Waals surface area contributed by atoms with Crippen LogP contribution in [0.5, 0.6) is 0 Å². The molecule has 0 aliphatic carbocycles. The lowest BCUT2D eigenvalue weighted by Gasteiger charge is -2.07. The molecule has 0 aliphatic rings. The number of benzene rings is 1. The van der Waals surface area contributed by atoms with E-state index < -0.39 is 0 Å². The van der Waals surface area contributed by atoms with Crippen molar-refractivity contribution >= 4 is 11.6 Å². The molecular weight excluding hydrogens is 246 g/mol. The lowest BCUT2D eigenvalue weighted by Crippen LogP contribution is -2.23. The minimum atomic E-state index is 0.400. The molecule has 96 valence electrons. The molecule has 1 unspecified atom stereocenters. The van der Waals surface area contributed by atoms with Crippen LogP contribution in [0.4, 0.5) is 0 Å². The van der Waals surface area contributed by atoms with E-state index in [4.69, 9.17) is 16.0 Å². The first-order valence-corrected chi connectivity index (χ1v) is 6.50. The largest absolute Gasteiger partial charge is 0.461 e. The summed E-state index contributed by atoms with van der Waals surface area (Å²) < 4.78 is 5.85. The van der Waals surface area contributed by atoms with Crippen LogP contribution >= 0.6 is 11.6 Å². The minimum Gasteiger partial charge on any atom is -0.461 e. The second-order valence-corrected chi connectivity index (χ2v) is 5.05. The summed E-state index contributed by atoms with van der Waals surface area (Å²) in [4.78, 5) is 0. The SMILES string of the molecule is CNC(C)Cc1ccc(-c2cc(C)ccc2Cl)o1. The van der Waals surface area contributed by atoms with Crippen molar-refractivity contribution in [3.63, 3.8) is 0 Å². The molecule has 0 bridgehead atoms. The molecule has 2 rings (SSSR count). The van der Waals surface area contributed by atoms with E-state index in [1.807, 2.05) is 44.3 Å².